The Morgan fingerprint density at radius 1 is 1.17 bits per heavy atom. The van der Waals surface area contributed by atoms with Gasteiger partial charge in [0.1, 0.15) is 6.04 Å². The van der Waals surface area contributed by atoms with Crippen molar-refractivity contribution in [1.29, 1.82) is 0 Å². The molecule has 0 aromatic heterocycles. The fourth-order valence-corrected chi connectivity index (χ4v) is 3.88. The van der Waals surface area contributed by atoms with E-state index in [1.54, 1.807) is 23.6 Å². The van der Waals surface area contributed by atoms with Gasteiger partial charge in [0, 0.05) is 35.2 Å². The summed E-state index contributed by atoms with van der Waals surface area (Å²) in [6.07, 6.45) is 1.23. The largest absolute Gasteiger partial charge is 0.354 e. The highest BCUT2D eigenvalue weighted by molar-refractivity contribution is 7.99. The quantitative estimate of drug-likeness (QED) is 0.533. The second kappa shape index (κ2) is 11.9. The molecule has 0 saturated heterocycles. The number of aryl methyl sites for hydroxylation is 1. The van der Waals surface area contributed by atoms with Crippen LogP contribution in [0.2, 0.25) is 5.02 Å². The molecule has 0 aliphatic heterocycles. The fraction of sp³-hybridized carbons (Fsp3) is 0.391. The summed E-state index contributed by atoms with van der Waals surface area (Å²) in [6.45, 7) is 6.87. The Morgan fingerprint density at radius 2 is 1.90 bits per heavy atom. The summed E-state index contributed by atoms with van der Waals surface area (Å²) in [5, 5.41) is 3.60. The number of carbonyl (C=O) groups is 2. The van der Waals surface area contributed by atoms with Crippen molar-refractivity contribution in [1.82, 2.24) is 10.2 Å². The van der Waals surface area contributed by atoms with Gasteiger partial charge < -0.3 is 10.2 Å². The number of hydrogen-bond acceptors (Lipinski definition) is 3. The van der Waals surface area contributed by atoms with Crippen LogP contribution < -0.4 is 5.32 Å². The first-order valence-electron chi connectivity index (χ1n) is 9.91. The van der Waals surface area contributed by atoms with Crippen molar-refractivity contribution in [2.45, 2.75) is 51.1 Å². The summed E-state index contributed by atoms with van der Waals surface area (Å²) in [6, 6.07) is 15.1. The number of hydrogen-bond donors (Lipinski definition) is 1. The zero-order valence-electron chi connectivity index (χ0n) is 17.3. The van der Waals surface area contributed by atoms with Gasteiger partial charge in [-0.2, -0.15) is 0 Å². The maximum absolute atomic E-state index is 13.0. The van der Waals surface area contributed by atoms with Gasteiger partial charge in [0.05, 0.1) is 0 Å². The zero-order valence-corrected chi connectivity index (χ0v) is 18.9. The third-order valence-electron chi connectivity index (χ3n) is 4.55. The molecule has 1 atom stereocenters. The summed E-state index contributed by atoms with van der Waals surface area (Å²) >= 11 is 7.53. The lowest BCUT2D eigenvalue weighted by Crippen LogP contribution is -2.47. The van der Waals surface area contributed by atoms with Gasteiger partial charge in [0.2, 0.25) is 11.8 Å². The number of benzene rings is 2. The van der Waals surface area contributed by atoms with Crippen LogP contribution in [0.5, 0.6) is 0 Å². The standard InChI is InChI=1S/C23H29ClN2O2S/c1-4-13-25-23(28)18(3)26(16-19-7-5-6-17(2)15-19)22(27)12-14-29-21-10-8-20(24)9-11-21/h5-11,15,18H,4,12-14,16H2,1-3H3,(H,25,28). The average Bonchev–Trinajstić information content (AvgIpc) is 2.71. The van der Waals surface area contributed by atoms with E-state index >= 15 is 0 Å². The molecule has 0 saturated carbocycles. The normalized spacial score (nSPS) is 11.7. The molecule has 0 radical (unpaired) electrons. The Labute approximate surface area is 183 Å². The smallest absolute Gasteiger partial charge is 0.242 e. The zero-order chi connectivity index (χ0) is 21.2. The molecule has 4 nitrogen and oxygen atoms in total. The van der Waals surface area contributed by atoms with Crippen LogP contribution in [0.3, 0.4) is 0 Å². The molecule has 29 heavy (non-hydrogen) atoms. The molecule has 2 aromatic carbocycles. The highest BCUT2D eigenvalue weighted by Gasteiger charge is 2.25. The number of rotatable bonds is 10. The number of amides is 2. The first-order valence-corrected chi connectivity index (χ1v) is 11.3. The Kier molecular flexibility index (Phi) is 9.55. The van der Waals surface area contributed by atoms with E-state index in [4.69, 9.17) is 11.6 Å². The average molecular weight is 433 g/mol. The maximum atomic E-state index is 13.0. The predicted molar refractivity (Wildman–Crippen MR) is 121 cm³/mol. The summed E-state index contributed by atoms with van der Waals surface area (Å²) in [7, 11) is 0. The van der Waals surface area contributed by atoms with Crippen molar-refractivity contribution in [3.8, 4) is 0 Å². The third kappa shape index (κ3) is 7.75. The van der Waals surface area contributed by atoms with Crippen LogP contribution in [-0.2, 0) is 16.1 Å². The van der Waals surface area contributed by atoms with E-state index in [0.717, 1.165) is 22.4 Å². The lowest BCUT2D eigenvalue weighted by atomic mass is 10.1. The van der Waals surface area contributed by atoms with Gasteiger partial charge in [-0.1, -0.05) is 48.4 Å². The summed E-state index contributed by atoms with van der Waals surface area (Å²) < 4.78 is 0. The van der Waals surface area contributed by atoms with E-state index in [1.807, 2.05) is 56.3 Å². The van der Waals surface area contributed by atoms with Gasteiger partial charge in [-0.15, -0.1) is 11.8 Å². The third-order valence-corrected chi connectivity index (χ3v) is 5.82. The summed E-state index contributed by atoms with van der Waals surface area (Å²) in [5.41, 5.74) is 2.16. The number of nitrogens with zero attached hydrogens (tertiary/aromatic N) is 1. The van der Waals surface area contributed by atoms with Crippen molar-refractivity contribution in [2.24, 2.45) is 0 Å². The van der Waals surface area contributed by atoms with Gasteiger partial charge in [0.15, 0.2) is 0 Å². The number of carbonyl (C=O) groups excluding carboxylic acids is 2. The molecular formula is C23H29ClN2O2S. The Morgan fingerprint density at radius 3 is 2.55 bits per heavy atom. The highest BCUT2D eigenvalue weighted by Crippen LogP contribution is 2.22. The topological polar surface area (TPSA) is 49.4 Å². The molecule has 2 aromatic rings. The van der Waals surface area contributed by atoms with E-state index < -0.39 is 6.04 Å². The van der Waals surface area contributed by atoms with Gasteiger partial charge in [-0.25, -0.2) is 0 Å². The lowest BCUT2D eigenvalue weighted by molar-refractivity contribution is -0.140. The van der Waals surface area contributed by atoms with Crippen molar-refractivity contribution >= 4 is 35.2 Å². The molecule has 0 bridgehead atoms. The SMILES string of the molecule is CCCNC(=O)C(C)N(Cc1cccc(C)c1)C(=O)CCSc1ccc(Cl)cc1. The van der Waals surface area contributed by atoms with Crippen LogP contribution >= 0.6 is 23.4 Å². The van der Waals surface area contributed by atoms with Gasteiger partial charge in [-0.05, 0) is 50.1 Å². The monoisotopic (exact) mass is 432 g/mol. The number of halogens is 1. The molecular weight excluding hydrogens is 404 g/mol. The minimum Gasteiger partial charge on any atom is -0.354 e. The molecule has 156 valence electrons. The minimum atomic E-state index is -0.518. The van der Waals surface area contributed by atoms with E-state index in [9.17, 15) is 9.59 Å². The van der Waals surface area contributed by atoms with Crippen molar-refractivity contribution in [3.05, 3.63) is 64.7 Å². The van der Waals surface area contributed by atoms with Crippen LogP contribution in [0.4, 0.5) is 0 Å². The second-order valence-corrected chi connectivity index (χ2v) is 8.63. The van der Waals surface area contributed by atoms with Crippen LogP contribution in [0.25, 0.3) is 0 Å². The van der Waals surface area contributed by atoms with Gasteiger partial charge in [-0.3, -0.25) is 9.59 Å². The first-order chi connectivity index (χ1) is 13.9. The molecule has 6 heteroatoms. The van der Waals surface area contributed by atoms with Crippen LogP contribution in [0.1, 0.15) is 37.8 Å². The Hall–Kier alpha value is -1.98. The van der Waals surface area contributed by atoms with E-state index in [-0.39, 0.29) is 11.8 Å². The van der Waals surface area contributed by atoms with E-state index in [2.05, 4.69) is 11.4 Å². The van der Waals surface area contributed by atoms with Crippen LogP contribution in [-0.4, -0.2) is 35.1 Å². The molecule has 0 heterocycles. The fourth-order valence-electron chi connectivity index (χ4n) is 2.92. The van der Waals surface area contributed by atoms with Crippen molar-refractivity contribution in [2.75, 3.05) is 12.3 Å². The molecule has 1 unspecified atom stereocenters. The molecule has 1 N–H and O–H groups in total. The molecule has 2 rings (SSSR count). The number of nitrogens with one attached hydrogen (secondary N) is 1. The Bertz CT molecular complexity index is 811. The van der Waals surface area contributed by atoms with Crippen LogP contribution in [0.15, 0.2) is 53.4 Å². The van der Waals surface area contributed by atoms with Crippen molar-refractivity contribution < 1.29 is 9.59 Å². The van der Waals surface area contributed by atoms with Gasteiger partial charge >= 0.3 is 0 Å². The first kappa shape index (κ1) is 23.3. The summed E-state index contributed by atoms with van der Waals surface area (Å²) in [5.74, 6) is 0.513. The lowest BCUT2D eigenvalue weighted by Gasteiger charge is -2.29. The maximum Gasteiger partial charge on any atom is 0.242 e. The molecule has 0 aliphatic rings. The minimum absolute atomic E-state index is 0.0212. The molecule has 0 spiro atoms. The Balaban J connectivity index is 2.04. The highest BCUT2D eigenvalue weighted by atomic mass is 35.5. The number of thioether (sulfide) groups is 1. The molecule has 0 fully saturated rings. The molecule has 2 amide bonds. The van der Waals surface area contributed by atoms with E-state index in [0.29, 0.717) is 30.3 Å². The van der Waals surface area contributed by atoms with Gasteiger partial charge in [0.25, 0.3) is 0 Å². The van der Waals surface area contributed by atoms with E-state index in [1.165, 1.54) is 0 Å². The van der Waals surface area contributed by atoms with Crippen molar-refractivity contribution in [3.63, 3.8) is 0 Å². The second-order valence-electron chi connectivity index (χ2n) is 7.03. The predicted octanol–water partition coefficient (Wildman–Crippen LogP) is 5.07. The van der Waals surface area contributed by atoms with Crippen LogP contribution in [0, 0.1) is 6.92 Å². The summed E-state index contributed by atoms with van der Waals surface area (Å²) in [4.78, 5) is 28.3. The molecule has 0 aliphatic carbocycles.